The molecule has 0 fully saturated rings. The van der Waals surface area contributed by atoms with Gasteiger partial charge in [-0.2, -0.15) is 5.10 Å². The Bertz CT molecular complexity index is 437. The van der Waals surface area contributed by atoms with E-state index in [9.17, 15) is 0 Å². The number of anilines is 1. The molecule has 0 aromatic carbocycles. The number of imidazole rings is 1. The van der Waals surface area contributed by atoms with Crippen molar-refractivity contribution in [1.82, 2.24) is 19.3 Å². The average Bonchev–Trinajstić information content (AvgIpc) is 3.02. The Labute approximate surface area is 107 Å². The van der Waals surface area contributed by atoms with Crippen molar-refractivity contribution in [3.63, 3.8) is 0 Å². The molecule has 1 N–H and O–H groups in total. The van der Waals surface area contributed by atoms with Gasteiger partial charge in [-0.05, 0) is 12.5 Å². The molecule has 0 aliphatic carbocycles. The maximum atomic E-state index is 5.04. The topological polar surface area (TPSA) is 56.9 Å². The second-order valence-corrected chi connectivity index (χ2v) is 3.99. The predicted molar refractivity (Wildman–Crippen MR) is 69.4 cm³/mol. The van der Waals surface area contributed by atoms with E-state index in [4.69, 9.17) is 4.74 Å². The lowest BCUT2D eigenvalue weighted by molar-refractivity contribution is 0.190. The molecule has 18 heavy (non-hydrogen) atoms. The monoisotopic (exact) mass is 249 g/mol. The van der Waals surface area contributed by atoms with Crippen LogP contribution in [0.4, 0.5) is 5.95 Å². The van der Waals surface area contributed by atoms with Crippen molar-refractivity contribution in [2.24, 2.45) is 0 Å². The molecule has 0 bridgehead atoms. The Balaban J connectivity index is 1.76. The number of rotatable bonds is 8. The quantitative estimate of drug-likeness (QED) is 0.715. The van der Waals surface area contributed by atoms with Gasteiger partial charge >= 0.3 is 0 Å². The molecule has 2 aromatic rings. The molecule has 2 rings (SSSR count). The molecule has 0 aliphatic heterocycles. The third-order valence-electron chi connectivity index (χ3n) is 2.65. The van der Waals surface area contributed by atoms with Crippen LogP contribution in [0, 0.1) is 0 Å². The van der Waals surface area contributed by atoms with Crippen LogP contribution in [0.3, 0.4) is 0 Å². The third-order valence-corrected chi connectivity index (χ3v) is 2.65. The van der Waals surface area contributed by atoms with E-state index in [1.165, 1.54) is 0 Å². The Morgan fingerprint density at radius 3 is 3.00 bits per heavy atom. The molecule has 0 spiro atoms. The molecule has 6 nitrogen and oxygen atoms in total. The maximum absolute atomic E-state index is 5.04. The van der Waals surface area contributed by atoms with Gasteiger partial charge in [0.05, 0.1) is 6.54 Å². The minimum absolute atomic E-state index is 0.769. The zero-order chi connectivity index (χ0) is 12.6. The maximum Gasteiger partial charge on any atom is 0.202 e. The number of aryl methyl sites for hydroxylation is 1. The molecule has 6 heteroatoms. The highest BCUT2D eigenvalue weighted by atomic mass is 16.5. The van der Waals surface area contributed by atoms with Crippen molar-refractivity contribution in [1.29, 1.82) is 0 Å². The van der Waals surface area contributed by atoms with Crippen LogP contribution >= 0.6 is 0 Å². The predicted octanol–water partition coefficient (Wildman–Crippen LogP) is 1.23. The molecule has 0 radical (unpaired) electrons. The second kappa shape index (κ2) is 6.80. The van der Waals surface area contributed by atoms with Gasteiger partial charge in [-0.15, -0.1) is 0 Å². The number of nitrogens with zero attached hydrogens (tertiary/aromatic N) is 4. The SMILES string of the molecule is COCCCn1ccnc1NCCn1cccn1. The zero-order valence-electron chi connectivity index (χ0n) is 10.6. The van der Waals surface area contributed by atoms with Gasteiger partial charge in [-0.25, -0.2) is 4.98 Å². The number of hydrogen-bond acceptors (Lipinski definition) is 4. The van der Waals surface area contributed by atoms with Crippen molar-refractivity contribution in [3.05, 3.63) is 30.9 Å². The van der Waals surface area contributed by atoms with Crippen LogP contribution in [0.25, 0.3) is 0 Å². The zero-order valence-corrected chi connectivity index (χ0v) is 10.6. The summed E-state index contributed by atoms with van der Waals surface area (Å²) in [5.74, 6) is 0.901. The van der Waals surface area contributed by atoms with E-state index in [1.807, 2.05) is 29.3 Å². The molecule has 98 valence electrons. The van der Waals surface area contributed by atoms with Crippen LogP contribution in [-0.2, 0) is 17.8 Å². The van der Waals surface area contributed by atoms with E-state index in [2.05, 4.69) is 20.0 Å². The van der Waals surface area contributed by atoms with Crippen molar-refractivity contribution < 1.29 is 4.74 Å². The van der Waals surface area contributed by atoms with Crippen LogP contribution in [0.5, 0.6) is 0 Å². The molecule has 0 saturated heterocycles. The third kappa shape index (κ3) is 3.59. The van der Waals surface area contributed by atoms with E-state index in [0.717, 1.165) is 38.6 Å². The normalized spacial score (nSPS) is 10.7. The highest BCUT2D eigenvalue weighted by Gasteiger charge is 2.01. The molecular formula is C12H19N5O. The van der Waals surface area contributed by atoms with Crippen molar-refractivity contribution in [3.8, 4) is 0 Å². The summed E-state index contributed by atoms with van der Waals surface area (Å²) < 4.78 is 9.04. The standard InChI is InChI=1S/C12H19N5O/c1-18-11-3-7-16-9-5-13-12(16)14-6-10-17-8-2-4-15-17/h2,4-5,8-9H,3,6-7,10-11H2,1H3,(H,13,14). The summed E-state index contributed by atoms with van der Waals surface area (Å²) in [5, 5.41) is 7.46. The summed E-state index contributed by atoms with van der Waals surface area (Å²) in [6, 6.07) is 1.92. The molecular weight excluding hydrogens is 230 g/mol. The van der Waals surface area contributed by atoms with Crippen LogP contribution in [0.15, 0.2) is 30.9 Å². The first-order chi connectivity index (χ1) is 8.90. The van der Waals surface area contributed by atoms with Crippen LogP contribution < -0.4 is 5.32 Å². The Morgan fingerprint density at radius 2 is 2.22 bits per heavy atom. The van der Waals surface area contributed by atoms with Gasteiger partial charge < -0.3 is 14.6 Å². The first kappa shape index (κ1) is 12.6. The highest BCUT2D eigenvalue weighted by Crippen LogP contribution is 2.05. The fourth-order valence-electron chi connectivity index (χ4n) is 1.75. The van der Waals surface area contributed by atoms with Gasteiger partial charge in [-0.3, -0.25) is 4.68 Å². The summed E-state index contributed by atoms with van der Waals surface area (Å²) in [4.78, 5) is 4.30. The number of ether oxygens (including phenoxy) is 1. The van der Waals surface area contributed by atoms with Crippen LogP contribution in [0.1, 0.15) is 6.42 Å². The van der Waals surface area contributed by atoms with E-state index >= 15 is 0 Å². The van der Waals surface area contributed by atoms with E-state index in [0.29, 0.717) is 0 Å². The van der Waals surface area contributed by atoms with Gasteiger partial charge in [0.1, 0.15) is 0 Å². The summed E-state index contributed by atoms with van der Waals surface area (Å²) >= 11 is 0. The number of methoxy groups -OCH3 is 1. The lowest BCUT2D eigenvalue weighted by Crippen LogP contribution is -2.14. The fraction of sp³-hybridized carbons (Fsp3) is 0.500. The van der Waals surface area contributed by atoms with E-state index < -0.39 is 0 Å². The van der Waals surface area contributed by atoms with Gasteiger partial charge in [0.2, 0.25) is 5.95 Å². The smallest absolute Gasteiger partial charge is 0.202 e. The first-order valence-electron chi connectivity index (χ1n) is 6.11. The molecule has 0 saturated carbocycles. The minimum Gasteiger partial charge on any atom is -0.385 e. The first-order valence-corrected chi connectivity index (χ1v) is 6.11. The lowest BCUT2D eigenvalue weighted by Gasteiger charge is -2.09. The molecule has 0 amide bonds. The van der Waals surface area contributed by atoms with E-state index in [-0.39, 0.29) is 0 Å². The Kier molecular flexibility index (Phi) is 4.78. The molecule has 0 atom stereocenters. The molecule has 0 aliphatic rings. The summed E-state index contributed by atoms with van der Waals surface area (Å²) in [7, 11) is 1.72. The Hall–Kier alpha value is -1.82. The van der Waals surface area contributed by atoms with Gasteiger partial charge in [0, 0.05) is 51.6 Å². The highest BCUT2D eigenvalue weighted by molar-refractivity contribution is 5.25. The fourth-order valence-corrected chi connectivity index (χ4v) is 1.75. The van der Waals surface area contributed by atoms with Crippen LogP contribution in [-0.4, -0.2) is 39.6 Å². The van der Waals surface area contributed by atoms with Gasteiger partial charge in [0.15, 0.2) is 0 Å². The number of nitrogens with one attached hydrogen (secondary N) is 1. The molecule has 0 unspecified atom stereocenters. The summed E-state index contributed by atoms with van der Waals surface area (Å²) in [6.45, 7) is 3.32. The Morgan fingerprint density at radius 1 is 1.28 bits per heavy atom. The molecule has 2 heterocycles. The summed E-state index contributed by atoms with van der Waals surface area (Å²) in [5.41, 5.74) is 0. The van der Waals surface area contributed by atoms with Gasteiger partial charge in [-0.1, -0.05) is 0 Å². The average molecular weight is 249 g/mol. The molecule has 2 aromatic heterocycles. The lowest BCUT2D eigenvalue weighted by atomic mass is 10.4. The van der Waals surface area contributed by atoms with Crippen molar-refractivity contribution in [2.45, 2.75) is 19.5 Å². The largest absolute Gasteiger partial charge is 0.385 e. The van der Waals surface area contributed by atoms with Crippen molar-refractivity contribution in [2.75, 3.05) is 25.6 Å². The summed E-state index contributed by atoms with van der Waals surface area (Å²) in [6.07, 6.45) is 8.51. The second-order valence-electron chi connectivity index (χ2n) is 3.99. The number of aromatic nitrogens is 4. The van der Waals surface area contributed by atoms with Crippen molar-refractivity contribution >= 4 is 5.95 Å². The minimum atomic E-state index is 0.769. The van der Waals surface area contributed by atoms with Gasteiger partial charge in [0.25, 0.3) is 0 Å². The van der Waals surface area contributed by atoms with Crippen LogP contribution in [0.2, 0.25) is 0 Å². The number of hydrogen-bond donors (Lipinski definition) is 1. The van der Waals surface area contributed by atoms with E-state index in [1.54, 1.807) is 13.3 Å².